The van der Waals surface area contributed by atoms with Gasteiger partial charge in [-0.2, -0.15) is 13.2 Å². The summed E-state index contributed by atoms with van der Waals surface area (Å²) in [6.45, 7) is 6.45. The molecule has 2 heterocycles. The lowest BCUT2D eigenvalue weighted by atomic mass is 9.74. The quantitative estimate of drug-likeness (QED) is 0.290. The van der Waals surface area contributed by atoms with E-state index in [9.17, 15) is 18.4 Å². The molecule has 1 saturated carbocycles. The van der Waals surface area contributed by atoms with Crippen molar-refractivity contribution in [1.82, 2.24) is 0 Å². The number of hydrogen-bond donors (Lipinski definition) is 1. The molecule has 4 rings (SSSR count). The zero-order valence-electron chi connectivity index (χ0n) is 18.0. The molecule has 1 fully saturated rings. The van der Waals surface area contributed by atoms with Gasteiger partial charge in [-0.25, -0.2) is 0 Å². The SMILES string of the molecule is CC(C)(C)C1=Nc2cc(Sc3cc[n+](O)cc3)ccc2C2CC12CCCCC(F)(F)F. The van der Waals surface area contributed by atoms with Gasteiger partial charge in [0, 0.05) is 49.6 Å². The first kappa shape index (κ1) is 22.2. The highest BCUT2D eigenvalue weighted by Gasteiger charge is 2.61. The summed E-state index contributed by atoms with van der Waals surface area (Å²) in [5.41, 5.74) is 3.12. The highest BCUT2D eigenvalue weighted by atomic mass is 32.2. The van der Waals surface area contributed by atoms with Crippen molar-refractivity contribution in [3.8, 4) is 0 Å². The molecule has 1 aromatic carbocycles. The van der Waals surface area contributed by atoms with E-state index in [0.717, 1.165) is 38.8 Å². The fourth-order valence-electron chi connectivity index (χ4n) is 4.87. The molecule has 2 unspecified atom stereocenters. The predicted molar refractivity (Wildman–Crippen MR) is 115 cm³/mol. The van der Waals surface area contributed by atoms with E-state index in [-0.39, 0.29) is 17.3 Å². The van der Waals surface area contributed by atoms with Gasteiger partial charge in [0.15, 0.2) is 0 Å². The Labute approximate surface area is 185 Å². The van der Waals surface area contributed by atoms with Crippen LogP contribution >= 0.6 is 11.8 Å². The molecule has 0 amide bonds. The number of unbranched alkanes of at least 4 members (excludes halogenated alkanes) is 1. The van der Waals surface area contributed by atoms with Crippen molar-refractivity contribution >= 4 is 23.2 Å². The number of halogens is 3. The maximum absolute atomic E-state index is 12.6. The molecule has 1 N–H and O–H groups in total. The molecule has 7 heteroatoms. The molecule has 1 aliphatic heterocycles. The zero-order chi connectivity index (χ0) is 22.4. The van der Waals surface area contributed by atoms with Crippen LogP contribution in [0.2, 0.25) is 0 Å². The standard InChI is InChI=1S/C24H28F3N2OS/c1-22(2,3)21-23(10-4-5-11-24(25,26)27)15-19(23)18-7-6-17(14-20(18)28-21)31-16-8-12-29(30)13-9-16/h6-9,12-14,19,30H,4-5,10-11,15H2,1-3H3/q+1. The average molecular weight is 450 g/mol. The van der Waals surface area contributed by atoms with Crippen molar-refractivity contribution < 1.29 is 23.1 Å². The number of alkyl halides is 3. The Morgan fingerprint density at radius 3 is 2.45 bits per heavy atom. The van der Waals surface area contributed by atoms with Crippen LogP contribution in [0.1, 0.15) is 64.4 Å². The predicted octanol–water partition coefficient (Wildman–Crippen LogP) is 7.09. The van der Waals surface area contributed by atoms with E-state index in [1.807, 2.05) is 12.1 Å². The Morgan fingerprint density at radius 2 is 1.81 bits per heavy atom. The Balaban J connectivity index is 1.56. The smallest absolute Gasteiger partial charge is 0.285 e. The summed E-state index contributed by atoms with van der Waals surface area (Å²) in [5.74, 6) is 0.351. The second-order valence-corrected chi connectivity index (χ2v) is 10.8. The van der Waals surface area contributed by atoms with Crippen LogP contribution < -0.4 is 4.73 Å². The number of rotatable bonds is 6. The van der Waals surface area contributed by atoms with Crippen LogP contribution in [0.25, 0.3) is 0 Å². The fourth-order valence-corrected chi connectivity index (χ4v) is 5.71. The van der Waals surface area contributed by atoms with Crippen molar-refractivity contribution in [1.29, 1.82) is 0 Å². The first-order valence-corrected chi connectivity index (χ1v) is 11.5. The monoisotopic (exact) mass is 449 g/mol. The van der Waals surface area contributed by atoms with E-state index < -0.39 is 12.6 Å². The van der Waals surface area contributed by atoms with Crippen LogP contribution in [0.15, 0.2) is 57.5 Å². The highest BCUT2D eigenvalue weighted by molar-refractivity contribution is 7.99. The first-order chi connectivity index (χ1) is 14.5. The van der Waals surface area contributed by atoms with Gasteiger partial charge in [0.2, 0.25) is 12.4 Å². The van der Waals surface area contributed by atoms with Crippen molar-refractivity contribution in [2.45, 2.75) is 74.8 Å². The van der Waals surface area contributed by atoms with Gasteiger partial charge in [-0.1, -0.05) is 45.0 Å². The minimum Gasteiger partial charge on any atom is -0.285 e. The van der Waals surface area contributed by atoms with Crippen LogP contribution in [0.4, 0.5) is 18.9 Å². The molecular formula is C24H28F3N2OS+. The van der Waals surface area contributed by atoms with Crippen molar-refractivity contribution in [2.24, 2.45) is 15.8 Å². The number of nitrogens with zero attached hydrogens (tertiary/aromatic N) is 2. The highest BCUT2D eigenvalue weighted by Crippen LogP contribution is 2.69. The summed E-state index contributed by atoms with van der Waals surface area (Å²) in [4.78, 5) is 7.19. The van der Waals surface area contributed by atoms with Crippen LogP contribution in [-0.2, 0) is 0 Å². The number of aliphatic imine (C=N–C) groups is 1. The van der Waals surface area contributed by atoms with Crippen LogP contribution in [0.5, 0.6) is 0 Å². The van der Waals surface area contributed by atoms with Gasteiger partial charge in [0.1, 0.15) is 0 Å². The number of aromatic nitrogens is 1. The Bertz CT molecular complexity index is 995. The summed E-state index contributed by atoms with van der Waals surface area (Å²) >= 11 is 1.61. The van der Waals surface area contributed by atoms with Gasteiger partial charge in [0.05, 0.1) is 5.69 Å². The Morgan fingerprint density at radius 1 is 1.10 bits per heavy atom. The molecule has 2 atom stereocenters. The minimum absolute atomic E-state index is 0.0836. The largest absolute Gasteiger partial charge is 0.389 e. The fraction of sp³-hybridized carbons (Fsp3) is 0.500. The third kappa shape index (κ3) is 4.76. The number of pyridine rings is 1. The molecule has 0 bridgehead atoms. The Kier molecular flexibility index (Phi) is 5.61. The lowest BCUT2D eigenvalue weighted by Crippen LogP contribution is -2.32. The average Bonchev–Trinajstić information content (AvgIpc) is 3.41. The summed E-state index contributed by atoms with van der Waals surface area (Å²) < 4.78 is 38.7. The second-order valence-electron chi connectivity index (χ2n) is 9.68. The Hall–Kier alpha value is -2.02. The van der Waals surface area contributed by atoms with E-state index in [2.05, 4.69) is 39.0 Å². The van der Waals surface area contributed by atoms with Gasteiger partial charge >= 0.3 is 6.18 Å². The van der Waals surface area contributed by atoms with E-state index >= 15 is 0 Å². The van der Waals surface area contributed by atoms with Gasteiger partial charge in [0.25, 0.3) is 0 Å². The molecule has 2 aliphatic rings. The lowest BCUT2D eigenvalue weighted by Gasteiger charge is -2.33. The van der Waals surface area contributed by atoms with Crippen LogP contribution in [0, 0.1) is 10.8 Å². The van der Waals surface area contributed by atoms with Gasteiger partial charge in [-0.3, -0.25) is 10.2 Å². The molecule has 0 saturated heterocycles. The van der Waals surface area contributed by atoms with Gasteiger partial charge < -0.3 is 0 Å². The number of benzene rings is 1. The molecule has 1 aliphatic carbocycles. The van der Waals surface area contributed by atoms with E-state index in [1.165, 1.54) is 5.56 Å². The third-order valence-electron chi connectivity index (χ3n) is 6.22. The molecule has 2 aromatic rings. The minimum atomic E-state index is -4.08. The summed E-state index contributed by atoms with van der Waals surface area (Å²) in [6, 6.07) is 10.0. The van der Waals surface area contributed by atoms with Gasteiger partial charge in [-0.05, 0) is 42.9 Å². The molecule has 3 nitrogen and oxygen atoms in total. The first-order valence-electron chi connectivity index (χ1n) is 10.7. The van der Waals surface area contributed by atoms with Crippen LogP contribution in [0.3, 0.4) is 0 Å². The van der Waals surface area contributed by atoms with E-state index in [4.69, 9.17) is 4.99 Å². The number of fused-ring (bicyclic) bond motifs is 3. The van der Waals surface area contributed by atoms with Crippen molar-refractivity contribution in [3.05, 3.63) is 48.3 Å². The van der Waals surface area contributed by atoms with E-state index in [0.29, 0.717) is 12.3 Å². The number of hydrogen-bond acceptors (Lipinski definition) is 3. The summed E-state index contributed by atoms with van der Waals surface area (Å²) in [5, 5.41) is 9.40. The van der Waals surface area contributed by atoms with Gasteiger partial charge in [-0.15, -0.1) is 0 Å². The molecule has 1 aromatic heterocycles. The van der Waals surface area contributed by atoms with E-state index in [1.54, 1.807) is 24.2 Å². The molecule has 0 spiro atoms. The maximum atomic E-state index is 12.6. The topological polar surface area (TPSA) is 36.5 Å². The van der Waals surface area contributed by atoms with Crippen molar-refractivity contribution in [3.63, 3.8) is 0 Å². The zero-order valence-corrected chi connectivity index (χ0v) is 18.9. The molecule has 31 heavy (non-hydrogen) atoms. The lowest BCUT2D eigenvalue weighted by molar-refractivity contribution is -0.905. The second kappa shape index (κ2) is 7.84. The normalized spacial score (nSPS) is 22.5. The summed E-state index contributed by atoms with van der Waals surface area (Å²) in [7, 11) is 0. The van der Waals surface area contributed by atoms with Crippen LogP contribution in [-0.4, -0.2) is 17.1 Å². The maximum Gasteiger partial charge on any atom is 0.389 e. The molecule has 0 radical (unpaired) electrons. The molecular weight excluding hydrogens is 421 g/mol. The summed E-state index contributed by atoms with van der Waals surface area (Å²) in [6.07, 6.45) is 0.903. The molecule has 166 valence electrons. The third-order valence-corrected chi connectivity index (χ3v) is 7.22. The van der Waals surface area contributed by atoms with Crippen molar-refractivity contribution in [2.75, 3.05) is 0 Å².